The lowest BCUT2D eigenvalue weighted by atomic mass is 10.1. The molecule has 0 heterocycles. The minimum absolute atomic E-state index is 0.246. The first-order valence-corrected chi connectivity index (χ1v) is 5.31. The zero-order chi connectivity index (χ0) is 11.3. The van der Waals surface area contributed by atoms with Crippen molar-refractivity contribution in [1.82, 2.24) is 0 Å². The molecule has 15 heavy (non-hydrogen) atoms. The summed E-state index contributed by atoms with van der Waals surface area (Å²) in [5.41, 5.74) is 0.728. The molecule has 0 radical (unpaired) electrons. The van der Waals surface area contributed by atoms with Crippen molar-refractivity contribution in [2.45, 2.75) is 32.7 Å². The number of nitrogens with one attached hydrogen (secondary N) is 1. The molecule has 0 atom stereocenters. The largest absolute Gasteiger partial charge is 0.495 e. The summed E-state index contributed by atoms with van der Waals surface area (Å²) in [6.07, 6.45) is 2.02. The molecule has 0 amide bonds. The van der Waals surface area contributed by atoms with Gasteiger partial charge >= 0.3 is 0 Å². The number of halogens is 1. The number of hydrogen-bond donors (Lipinski definition) is 1. The molecule has 0 spiro atoms. The Morgan fingerprint density at radius 1 is 1.33 bits per heavy atom. The fourth-order valence-electron chi connectivity index (χ4n) is 1.51. The summed E-state index contributed by atoms with van der Waals surface area (Å²) in [7, 11) is 1.59. The standard InChI is InChI=1S/C12H18FNO/c1-4-10(5-2)14-11-8-9(13)6-7-12(11)15-3/h6-8,10,14H,4-5H2,1-3H3. The molecule has 0 saturated heterocycles. The van der Waals surface area contributed by atoms with Gasteiger partial charge < -0.3 is 10.1 Å². The quantitative estimate of drug-likeness (QED) is 0.805. The van der Waals surface area contributed by atoms with Crippen molar-refractivity contribution in [1.29, 1.82) is 0 Å². The van der Waals surface area contributed by atoms with Gasteiger partial charge in [-0.15, -0.1) is 0 Å². The molecule has 1 N–H and O–H groups in total. The maximum atomic E-state index is 13.0. The highest BCUT2D eigenvalue weighted by molar-refractivity contribution is 5.57. The van der Waals surface area contributed by atoms with Gasteiger partial charge in [0, 0.05) is 12.1 Å². The molecule has 1 rings (SSSR count). The first-order chi connectivity index (χ1) is 7.21. The van der Waals surface area contributed by atoms with Gasteiger partial charge in [-0.05, 0) is 25.0 Å². The van der Waals surface area contributed by atoms with Crippen LogP contribution in [0.1, 0.15) is 26.7 Å². The van der Waals surface area contributed by atoms with Crippen molar-refractivity contribution in [3.05, 3.63) is 24.0 Å². The van der Waals surface area contributed by atoms with Crippen molar-refractivity contribution in [3.63, 3.8) is 0 Å². The van der Waals surface area contributed by atoms with Gasteiger partial charge in [0.05, 0.1) is 12.8 Å². The molecule has 0 aromatic heterocycles. The summed E-state index contributed by atoms with van der Waals surface area (Å²) < 4.78 is 18.2. The van der Waals surface area contributed by atoms with E-state index in [-0.39, 0.29) is 5.82 Å². The Kier molecular flexibility index (Phi) is 4.40. The lowest BCUT2D eigenvalue weighted by Gasteiger charge is -2.18. The molecular weight excluding hydrogens is 193 g/mol. The molecule has 0 bridgehead atoms. The second-order valence-electron chi connectivity index (χ2n) is 3.50. The van der Waals surface area contributed by atoms with E-state index in [0.29, 0.717) is 11.8 Å². The highest BCUT2D eigenvalue weighted by atomic mass is 19.1. The molecule has 0 unspecified atom stereocenters. The van der Waals surface area contributed by atoms with Gasteiger partial charge in [0.25, 0.3) is 0 Å². The number of anilines is 1. The van der Waals surface area contributed by atoms with Crippen LogP contribution < -0.4 is 10.1 Å². The summed E-state index contributed by atoms with van der Waals surface area (Å²) in [4.78, 5) is 0. The fourth-order valence-corrected chi connectivity index (χ4v) is 1.51. The smallest absolute Gasteiger partial charge is 0.142 e. The molecule has 0 aliphatic rings. The van der Waals surface area contributed by atoms with Gasteiger partial charge in [0.2, 0.25) is 0 Å². The summed E-state index contributed by atoms with van der Waals surface area (Å²) in [5.74, 6) is 0.438. The lowest BCUT2D eigenvalue weighted by molar-refractivity contribution is 0.414. The minimum Gasteiger partial charge on any atom is -0.495 e. The Morgan fingerprint density at radius 3 is 2.53 bits per heavy atom. The summed E-state index contributed by atoms with van der Waals surface area (Å²) in [5, 5.41) is 3.27. The van der Waals surface area contributed by atoms with E-state index >= 15 is 0 Å². The van der Waals surface area contributed by atoms with Crippen LogP contribution in [-0.2, 0) is 0 Å². The van der Waals surface area contributed by atoms with Crippen molar-refractivity contribution in [2.24, 2.45) is 0 Å². The van der Waals surface area contributed by atoms with Crippen molar-refractivity contribution in [2.75, 3.05) is 12.4 Å². The highest BCUT2D eigenvalue weighted by Crippen LogP contribution is 2.26. The Morgan fingerprint density at radius 2 is 2.00 bits per heavy atom. The van der Waals surface area contributed by atoms with E-state index < -0.39 is 0 Å². The van der Waals surface area contributed by atoms with Gasteiger partial charge in [-0.1, -0.05) is 13.8 Å². The average molecular weight is 211 g/mol. The molecule has 1 aromatic carbocycles. The summed E-state index contributed by atoms with van der Waals surface area (Å²) >= 11 is 0. The second kappa shape index (κ2) is 5.59. The minimum atomic E-state index is -0.246. The zero-order valence-electron chi connectivity index (χ0n) is 9.51. The molecule has 3 heteroatoms. The van der Waals surface area contributed by atoms with Crippen LogP contribution in [0.5, 0.6) is 5.75 Å². The Labute approximate surface area is 90.4 Å². The van der Waals surface area contributed by atoms with E-state index in [0.717, 1.165) is 18.5 Å². The monoisotopic (exact) mass is 211 g/mol. The predicted octanol–water partition coefficient (Wildman–Crippen LogP) is 3.43. The molecule has 2 nitrogen and oxygen atoms in total. The normalized spacial score (nSPS) is 10.5. The topological polar surface area (TPSA) is 21.3 Å². The van der Waals surface area contributed by atoms with Gasteiger partial charge in [-0.2, -0.15) is 0 Å². The number of ether oxygens (including phenoxy) is 1. The third-order valence-corrected chi connectivity index (χ3v) is 2.51. The van der Waals surface area contributed by atoms with Gasteiger partial charge in [-0.25, -0.2) is 4.39 Å². The van der Waals surface area contributed by atoms with Crippen molar-refractivity contribution in [3.8, 4) is 5.75 Å². The van der Waals surface area contributed by atoms with Gasteiger partial charge in [-0.3, -0.25) is 0 Å². The summed E-state index contributed by atoms with van der Waals surface area (Å²) in [6.45, 7) is 4.21. The number of benzene rings is 1. The van der Waals surface area contributed by atoms with Crippen LogP contribution in [0, 0.1) is 5.82 Å². The van der Waals surface area contributed by atoms with Crippen LogP contribution >= 0.6 is 0 Å². The van der Waals surface area contributed by atoms with Crippen LogP contribution in [0.4, 0.5) is 10.1 Å². The predicted molar refractivity (Wildman–Crippen MR) is 60.9 cm³/mol. The Hall–Kier alpha value is -1.25. The first-order valence-electron chi connectivity index (χ1n) is 5.31. The van der Waals surface area contributed by atoms with E-state index in [1.165, 1.54) is 12.1 Å². The van der Waals surface area contributed by atoms with E-state index in [1.807, 2.05) is 0 Å². The number of rotatable bonds is 5. The van der Waals surface area contributed by atoms with E-state index in [2.05, 4.69) is 19.2 Å². The maximum absolute atomic E-state index is 13.0. The average Bonchev–Trinajstić information content (AvgIpc) is 2.26. The number of methoxy groups -OCH3 is 1. The van der Waals surface area contributed by atoms with E-state index in [9.17, 15) is 4.39 Å². The molecule has 0 aliphatic carbocycles. The Bertz CT molecular complexity index is 310. The van der Waals surface area contributed by atoms with Crippen molar-refractivity contribution < 1.29 is 9.13 Å². The van der Waals surface area contributed by atoms with Crippen molar-refractivity contribution >= 4 is 5.69 Å². The van der Waals surface area contributed by atoms with Crippen LogP contribution in [0.2, 0.25) is 0 Å². The highest BCUT2D eigenvalue weighted by Gasteiger charge is 2.08. The van der Waals surface area contributed by atoms with Crippen LogP contribution in [0.25, 0.3) is 0 Å². The molecule has 0 fully saturated rings. The maximum Gasteiger partial charge on any atom is 0.142 e. The van der Waals surface area contributed by atoms with E-state index in [1.54, 1.807) is 13.2 Å². The third kappa shape index (κ3) is 3.11. The fraction of sp³-hybridized carbons (Fsp3) is 0.500. The Balaban J connectivity index is 2.86. The van der Waals surface area contributed by atoms with E-state index in [4.69, 9.17) is 4.74 Å². The molecule has 1 aromatic rings. The molecule has 0 aliphatic heterocycles. The van der Waals surface area contributed by atoms with Crippen LogP contribution in [0.3, 0.4) is 0 Å². The van der Waals surface area contributed by atoms with Crippen LogP contribution in [0.15, 0.2) is 18.2 Å². The molecule has 0 saturated carbocycles. The SMILES string of the molecule is CCC(CC)Nc1cc(F)ccc1OC. The van der Waals surface area contributed by atoms with Gasteiger partial charge in [0.15, 0.2) is 0 Å². The van der Waals surface area contributed by atoms with Crippen LogP contribution in [-0.4, -0.2) is 13.2 Å². The third-order valence-electron chi connectivity index (χ3n) is 2.51. The van der Waals surface area contributed by atoms with Gasteiger partial charge in [0.1, 0.15) is 11.6 Å². The summed E-state index contributed by atoms with van der Waals surface area (Å²) in [6, 6.07) is 4.87. The molecular formula is C12H18FNO. The molecule has 84 valence electrons. The lowest BCUT2D eigenvalue weighted by Crippen LogP contribution is -2.17. The second-order valence-corrected chi connectivity index (χ2v) is 3.50. The first kappa shape index (κ1) is 11.8. The number of hydrogen-bond acceptors (Lipinski definition) is 2. The zero-order valence-corrected chi connectivity index (χ0v) is 9.51.